The number of hydrogen-bond acceptors (Lipinski definition) is 5. The largest absolute Gasteiger partial charge is 0.452 e. The minimum atomic E-state index is -1.27. The third-order valence-corrected chi connectivity index (χ3v) is 6.06. The summed E-state index contributed by atoms with van der Waals surface area (Å²) in [5.41, 5.74) is 1.24. The van der Waals surface area contributed by atoms with Gasteiger partial charge in [0.2, 0.25) is 0 Å². The number of ether oxygens (including phenoxy) is 1. The molecule has 1 amide bonds. The zero-order valence-corrected chi connectivity index (χ0v) is 17.3. The van der Waals surface area contributed by atoms with Gasteiger partial charge in [0.05, 0.1) is 21.3 Å². The summed E-state index contributed by atoms with van der Waals surface area (Å²) in [6, 6.07) is 14.6. The van der Waals surface area contributed by atoms with E-state index in [0.717, 1.165) is 10.5 Å². The molecule has 0 N–H and O–H groups in total. The van der Waals surface area contributed by atoms with Gasteiger partial charge >= 0.3 is 5.97 Å². The highest BCUT2D eigenvalue weighted by Crippen LogP contribution is 2.17. The monoisotopic (exact) mass is 405 g/mol. The Morgan fingerprint density at radius 3 is 2.41 bits per heavy atom. The van der Waals surface area contributed by atoms with Crippen LogP contribution < -0.4 is 0 Å². The Labute approximate surface area is 166 Å². The molecule has 1 atom stereocenters. The molecule has 0 heterocycles. The van der Waals surface area contributed by atoms with Gasteiger partial charge in [-0.1, -0.05) is 31.2 Å². The predicted molar refractivity (Wildman–Crippen MR) is 108 cm³/mol. The Bertz CT molecular complexity index is 821. The molecule has 2 aromatic carbocycles. The lowest BCUT2D eigenvalue weighted by atomic mass is 10.2. The average Bonchev–Trinajstić information content (AvgIpc) is 2.71. The standard InChI is InChI=1S/C20H23NO4S2/c1-4-27(24)18-8-6-5-7-17(18)20(23)25-14-19(22)21(2)13-15-9-11-16(26-3)12-10-15/h5-12H,4,13-14H2,1-3H3/t27-/m0/s1. The number of nitrogens with zero attached hydrogens (tertiary/aromatic N) is 1. The minimum absolute atomic E-state index is 0.237. The van der Waals surface area contributed by atoms with Gasteiger partial charge in [-0.25, -0.2) is 4.79 Å². The molecule has 0 saturated heterocycles. The highest BCUT2D eigenvalue weighted by Gasteiger charge is 2.18. The summed E-state index contributed by atoms with van der Waals surface area (Å²) in [5, 5.41) is 0. The topological polar surface area (TPSA) is 63.7 Å². The third kappa shape index (κ3) is 5.94. The van der Waals surface area contributed by atoms with Crippen molar-refractivity contribution in [3.05, 3.63) is 59.7 Å². The molecule has 27 heavy (non-hydrogen) atoms. The number of hydrogen-bond donors (Lipinski definition) is 0. The van der Waals surface area contributed by atoms with Crippen molar-refractivity contribution in [1.82, 2.24) is 4.90 Å². The molecule has 0 saturated carbocycles. The molecule has 0 fully saturated rings. The lowest BCUT2D eigenvalue weighted by Crippen LogP contribution is -2.31. The molecule has 0 aliphatic carbocycles. The van der Waals surface area contributed by atoms with E-state index in [1.54, 1.807) is 50.0 Å². The first-order valence-corrected chi connectivity index (χ1v) is 11.0. The van der Waals surface area contributed by atoms with E-state index in [1.165, 1.54) is 4.90 Å². The second kappa shape index (κ2) is 10.3. The Morgan fingerprint density at radius 2 is 1.78 bits per heavy atom. The van der Waals surface area contributed by atoms with Crippen molar-refractivity contribution in [3.63, 3.8) is 0 Å². The average molecular weight is 406 g/mol. The van der Waals surface area contributed by atoms with Crippen molar-refractivity contribution in [1.29, 1.82) is 0 Å². The van der Waals surface area contributed by atoms with E-state index >= 15 is 0 Å². The Kier molecular flexibility index (Phi) is 8.06. The molecule has 144 valence electrons. The predicted octanol–water partition coefficient (Wildman–Crippen LogP) is 3.35. The fourth-order valence-electron chi connectivity index (χ4n) is 2.40. The molecule has 0 aliphatic heterocycles. The van der Waals surface area contributed by atoms with Gasteiger partial charge in [0.25, 0.3) is 5.91 Å². The first kappa shape index (κ1) is 21.2. The maximum atomic E-state index is 12.3. The van der Waals surface area contributed by atoms with Crippen molar-refractivity contribution in [2.75, 3.05) is 25.7 Å². The van der Waals surface area contributed by atoms with Crippen LogP contribution in [0.1, 0.15) is 22.8 Å². The molecule has 0 spiro atoms. The van der Waals surface area contributed by atoms with Crippen molar-refractivity contribution in [3.8, 4) is 0 Å². The number of rotatable bonds is 8. The number of esters is 1. The highest BCUT2D eigenvalue weighted by molar-refractivity contribution is 7.98. The molecule has 2 rings (SSSR count). The summed E-state index contributed by atoms with van der Waals surface area (Å²) in [5.74, 6) is -0.536. The van der Waals surface area contributed by atoms with Crippen molar-refractivity contribution in [2.24, 2.45) is 0 Å². The summed E-state index contributed by atoms with van der Waals surface area (Å²) in [6.07, 6.45) is 2.01. The number of carbonyl (C=O) groups is 2. The first-order chi connectivity index (χ1) is 13.0. The van der Waals surface area contributed by atoms with Gasteiger partial charge in [-0.3, -0.25) is 9.00 Å². The van der Waals surface area contributed by atoms with Crippen LogP contribution in [0.4, 0.5) is 0 Å². The molecule has 0 radical (unpaired) electrons. The zero-order valence-electron chi connectivity index (χ0n) is 15.6. The van der Waals surface area contributed by atoms with Gasteiger partial charge in [-0.05, 0) is 36.1 Å². The Balaban J connectivity index is 1.94. The van der Waals surface area contributed by atoms with Gasteiger partial charge in [-0.15, -0.1) is 11.8 Å². The second-order valence-corrected chi connectivity index (χ2v) is 8.39. The van der Waals surface area contributed by atoms with E-state index in [1.807, 2.05) is 30.5 Å². The summed E-state index contributed by atoms with van der Waals surface area (Å²) in [7, 11) is 0.393. The molecule has 5 nitrogen and oxygen atoms in total. The van der Waals surface area contributed by atoms with E-state index in [9.17, 15) is 13.8 Å². The minimum Gasteiger partial charge on any atom is -0.452 e. The fourth-order valence-corrected chi connectivity index (χ4v) is 3.74. The number of thioether (sulfide) groups is 1. The molecular formula is C20H23NO4S2. The zero-order chi connectivity index (χ0) is 19.8. The third-order valence-electron chi connectivity index (χ3n) is 3.95. The lowest BCUT2D eigenvalue weighted by Gasteiger charge is -2.17. The van der Waals surface area contributed by atoms with Gasteiger partial charge < -0.3 is 9.64 Å². The van der Waals surface area contributed by atoms with Crippen LogP contribution in [0.2, 0.25) is 0 Å². The number of amides is 1. The van der Waals surface area contributed by atoms with Crippen molar-refractivity contribution >= 4 is 34.4 Å². The number of likely N-dealkylation sites (N-methyl/N-ethyl adjacent to an activating group) is 1. The van der Waals surface area contributed by atoms with E-state index in [4.69, 9.17) is 4.74 Å². The molecule has 0 aliphatic rings. The smallest absolute Gasteiger partial charge is 0.339 e. The molecule has 0 aromatic heterocycles. The van der Waals surface area contributed by atoms with E-state index in [-0.39, 0.29) is 18.1 Å². The Morgan fingerprint density at radius 1 is 1.11 bits per heavy atom. The van der Waals surface area contributed by atoms with Gasteiger partial charge in [-0.2, -0.15) is 0 Å². The van der Waals surface area contributed by atoms with Gasteiger partial charge in [0.15, 0.2) is 6.61 Å². The number of benzene rings is 2. The summed E-state index contributed by atoms with van der Waals surface area (Å²) < 4.78 is 17.2. The van der Waals surface area contributed by atoms with Gasteiger partial charge in [0, 0.05) is 24.2 Å². The SMILES string of the molecule is CC[S@](=O)c1ccccc1C(=O)OCC(=O)N(C)Cc1ccc(SC)cc1. The van der Waals surface area contributed by atoms with Gasteiger partial charge in [0.1, 0.15) is 0 Å². The van der Waals surface area contributed by atoms with Crippen LogP contribution in [0.5, 0.6) is 0 Å². The lowest BCUT2D eigenvalue weighted by molar-refractivity contribution is -0.133. The van der Waals surface area contributed by atoms with Crippen LogP contribution >= 0.6 is 11.8 Å². The maximum absolute atomic E-state index is 12.3. The van der Waals surface area contributed by atoms with E-state index in [0.29, 0.717) is 17.2 Å². The quantitative estimate of drug-likeness (QED) is 0.498. The van der Waals surface area contributed by atoms with Crippen LogP contribution in [0.15, 0.2) is 58.3 Å². The van der Waals surface area contributed by atoms with Crippen LogP contribution in [0.25, 0.3) is 0 Å². The van der Waals surface area contributed by atoms with E-state index < -0.39 is 16.8 Å². The molecule has 0 bridgehead atoms. The molecular weight excluding hydrogens is 382 g/mol. The van der Waals surface area contributed by atoms with Crippen LogP contribution in [-0.2, 0) is 26.9 Å². The summed E-state index contributed by atoms with van der Waals surface area (Å²) >= 11 is 1.66. The molecule has 7 heteroatoms. The highest BCUT2D eigenvalue weighted by atomic mass is 32.2. The second-order valence-electron chi connectivity index (χ2n) is 5.80. The molecule has 0 unspecified atom stereocenters. The summed E-state index contributed by atoms with van der Waals surface area (Å²) in [4.78, 5) is 27.7. The maximum Gasteiger partial charge on any atom is 0.339 e. The fraction of sp³-hybridized carbons (Fsp3) is 0.300. The van der Waals surface area contributed by atoms with Crippen LogP contribution in [0, 0.1) is 0 Å². The summed E-state index contributed by atoms with van der Waals surface area (Å²) in [6.45, 7) is 1.86. The van der Waals surface area contributed by atoms with Crippen molar-refractivity contribution < 1.29 is 18.5 Å². The van der Waals surface area contributed by atoms with Crippen molar-refractivity contribution in [2.45, 2.75) is 23.3 Å². The van der Waals surface area contributed by atoms with Crippen LogP contribution in [0.3, 0.4) is 0 Å². The van der Waals surface area contributed by atoms with E-state index in [2.05, 4.69) is 0 Å². The first-order valence-electron chi connectivity index (χ1n) is 8.47. The van der Waals surface area contributed by atoms with Crippen LogP contribution in [-0.4, -0.2) is 46.6 Å². The molecule has 2 aromatic rings. The normalized spacial score (nSPS) is 11.7. The number of carbonyl (C=O) groups excluding carboxylic acids is 2. The Hall–Kier alpha value is -2.12.